The van der Waals surface area contributed by atoms with Gasteiger partial charge in [0.05, 0.1) is 16.3 Å². The molecule has 0 aliphatic carbocycles. The number of amides is 1. The molecule has 0 radical (unpaired) electrons. The first kappa shape index (κ1) is 17.0. The molecule has 0 saturated carbocycles. The number of anilines is 2. The van der Waals surface area contributed by atoms with E-state index in [1.54, 1.807) is 17.0 Å². The van der Waals surface area contributed by atoms with Gasteiger partial charge in [0.15, 0.2) is 0 Å². The molecule has 0 unspecified atom stereocenters. The highest BCUT2D eigenvalue weighted by Crippen LogP contribution is 2.32. The van der Waals surface area contributed by atoms with E-state index in [4.69, 9.17) is 0 Å². The summed E-state index contributed by atoms with van der Waals surface area (Å²) in [6.45, 7) is 2.47. The SMILES string of the molecule is CCCS(=O)(=O)Nc1ccc2c(c1)N(C(=O)c1cccs1)CCC2. The van der Waals surface area contributed by atoms with Crippen molar-refractivity contribution in [2.75, 3.05) is 21.9 Å². The largest absolute Gasteiger partial charge is 0.307 e. The van der Waals surface area contributed by atoms with Crippen molar-refractivity contribution in [3.05, 3.63) is 46.2 Å². The Balaban J connectivity index is 1.91. The number of nitrogens with zero attached hydrogens (tertiary/aromatic N) is 1. The second-order valence-electron chi connectivity index (χ2n) is 5.80. The van der Waals surface area contributed by atoms with Crippen LogP contribution >= 0.6 is 11.3 Å². The maximum absolute atomic E-state index is 12.7. The number of benzene rings is 1. The lowest BCUT2D eigenvalue weighted by atomic mass is 10.0. The molecule has 5 nitrogen and oxygen atoms in total. The Hall–Kier alpha value is -1.86. The van der Waals surface area contributed by atoms with Gasteiger partial charge in [-0.3, -0.25) is 9.52 Å². The van der Waals surface area contributed by atoms with Crippen LogP contribution in [0.4, 0.5) is 11.4 Å². The minimum absolute atomic E-state index is 0.0282. The second kappa shape index (κ2) is 6.94. The molecule has 7 heteroatoms. The quantitative estimate of drug-likeness (QED) is 0.883. The van der Waals surface area contributed by atoms with Crippen LogP contribution in [-0.2, 0) is 16.4 Å². The van der Waals surface area contributed by atoms with E-state index < -0.39 is 10.0 Å². The Morgan fingerprint density at radius 2 is 2.17 bits per heavy atom. The van der Waals surface area contributed by atoms with Crippen molar-refractivity contribution in [2.45, 2.75) is 26.2 Å². The number of hydrogen-bond acceptors (Lipinski definition) is 4. The van der Waals surface area contributed by atoms with Crippen LogP contribution in [0.3, 0.4) is 0 Å². The number of hydrogen-bond donors (Lipinski definition) is 1. The molecule has 128 valence electrons. The number of sulfonamides is 1. The van der Waals surface area contributed by atoms with E-state index in [9.17, 15) is 13.2 Å². The van der Waals surface area contributed by atoms with Crippen molar-refractivity contribution >= 4 is 38.6 Å². The molecule has 1 aliphatic rings. The molecule has 3 rings (SSSR count). The molecule has 1 aliphatic heterocycles. The molecule has 0 spiro atoms. The zero-order valence-corrected chi connectivity index (χ0v) is 15.1. The number of aryl methyl sites for hydroxylation is 1. The number of carbonyl (C=O) groups excluding carboxylic acids is 1. The van der Waals surface area contributed by atoms with Crippen LogP contribution in [0, 0.1) is 0 Å². The molecule has 1 N–H and O–H groups in total. The van der Waals surface area contributed by atoms with Gasteiger partial charge in [0.1, 0.15) is 0 Å². The first-order chi connectivity index (χ1) is 11.5. The third-order valence-corrected chi connectivity index (χ3v) is 6.28. The van der Waals surface area contributed by atoms with Crippen LogP contribution in [0.5, 0.6) is 0 Å². The molecule has 2 aromatic rings. The summed E-state index contributed by atoms with van der Waals surface area (Å²) in [5.41, 5.74) is 2.38. The molecule has 0 bridgehead atoms. The van der Waals surface area contributed by atoms with Crippen LogP contribution in [-0.4, -0.2) is 26.6 Å². The van der Waals surface area contributed by atoms with Crippen molar-refractivity contribution < 1.29 is 13.2 Å². The van der Waals surface area contributed by atoms with Crippen molar-refractivity contribution in [1.29, 1.82) is 0 Å². The molecule has 1 amide bonds. The zero-order valence-electron chi connectivity index (χ0n) is 13.5. The van der Waals surface area contributed by atoms with Gasteiger partial charge in [0, 0.05) is 12.2 Å². The van der Waals surface area contributed by atoms with Gasteiger partial charge in [-0.05, 0) is 48.4 Å². The minimum atomic E-state index is -3.34. The first-order valence-corrected chi connectivity index (χ1v) is 10.5. The molecule has 0 fully saturated rings. The van der Waals surface area contributed by atoms with Crippen molar-refractivity contribution in [3.8, 4) is 0 Å². The first-order valence-electron chi connectivity index (χ1n) is 7.99. The molecule has 1 aromatic carbocycles. The van der Waals surface area contributed by atoms with Crippen LogP contribution in [0.2, 0.25) is 0 Å². The lowest BCUT2D eigenvalue weighted by molar-refractivity contribution is 0.0989. The van der Waals surface area contributed by atoms with Crippen molar-refractivity contribution in [2.24, 2.45) is 0 Å². The van der Waals surface area contributed by atoms with Gasteiger partial charge in [-0.1, -0.05) is 19.1 Å². The van der Waals surface area contributed by atoms with Gasteiger partial charge in [0.25, 0.3) is 5.91 Å². The van der Waals surface area contributed by atoms with Gasteiger partial charge < -0.3 is 4.90 Å². The highest BCUT2D eigenvalue weighted by atomic mass is 32.2. The highest BCUT2D eigenvalue weighted by Gasteiger charge is 2.25. The number of rotatable bonds is 5. The summed E-state index contributed by atoms with van der Waals surface area (Å²) in [6, 6.07) is 9.12. The second-order valence-corrected chi connectivity index (χ2v) is 8.59. The van der Waals surface area contributed by atoms with Crippen LogP contribution < -0.4 is 9.62 Å². The Morgan fingerprint density at radius 3 is 2.88 bits per heavy atom. The van der Waals surface area contributed by atoms with E-state index in [1.165, 1.54) is 11.3 Å². The summed E-state index contributed by atoms with van der Waals surface area (Å²) in [7, 11) is -3.34. The lowest BCUT2D eigenvalue weighted by Gasteiger charge is -2.29. The van der Waals surface area contributed by atoms with E-state index in [2.05, 4.69) is 4.72 Å². The van der Waals surface area contributed by atoms with Gasteiger partial charge in [0.2, 0.25) is 10.0 Å². The molecule has 2 heterocycles. The zero-order chi connectivity index (χ0) is 17.2. The predicted octanol–water partition coefficient (Wildman–Crippen LogP) is 3.49. The van der Waals surface area contributed by atoms with Crippen molar-refractivity contribution in [1.82, 2.24) is 0 Å². The van der Waals surface area contributed by atoms with Gasteiger partial charge in [-0.15, -0.1) is 11.3 Å². The Kier molecular flexibility index (Phi) is 4.91. The maximum atomic E-state index is 12.7. The lowest BCUT2D eigenvalue weighted by Crippen LogP contribution is -2.35. The average Bonchev–Trinajstić information content (AvgIpc) is 3.07. The van der Waals surface area contributed by atoms with Crippen LogP contribution in [0.1, 0.15) is 35.0 Å². The average molecular weight is 364 g/mol. The summed E-state index contributed by atoms with van der Waals surface area (Å²) in [5.74, 6) is 0.0570. The van der Waals surface area contributed by atoms with Crippen LogP contribution in [0.15, 0.2) is 35.7 Å². The summed E-state index contributed by atoms with van der Waals surface area (Å²) in [5, 5.41) is 1.88. The Morgan fingerprint density at radius 1 is 1.33 bits per heavy atom. The molecular formula is C17H20N2O3S2. The van der Waals surface area contributed by atoms with E-state index in [1.807, 2.05) is 30.5 Å². The molecule has 1 aromatic heterocycles. The monoisotopic (exact) mass is 364 g/mol. The number of carbonyl (C=O) groups is 1. The molecule has 24 heavy (non-hydrogen) atoms. The summed E-state index contributed by atoms with van der Waals surface area (Å²) in [4.78, 5) is 15.2. The summed E-state index contributed by atoms with van der Waals surface area (Å²) >= 11 is 1.42. The predicted molar refractivity (Wildman–Crippen MR) is 98.5 cm³/mol. The van der Waals surface area contributed by atoms with Gasteiger partial charge in [-0.25, -0.2) is 8.42 Å². The third kappa shape index (κ3) is 3.62. The fourth-order valence-corrected chi connectivity index (χ4v) is 4.68. The molecule has 0 saturated heterocycles. The Bertz CT molecular complexity index is 830. The van der Waals surface area contributed by atoms with E-state index in [0.717, 1.165) is 24.1 Å². The highest BCUT2D eigenvalue weighted by molar-refractivity contribution is 7.92. The number of fused-ring (bicyclic) bond motifs is 1. The fourth-order valence-electron chi connectivity index (χ4n) is 2.88. The van der Waals surface area contributed by atoms with E-state index >= 15 is 0 Å². The maximum Gasteiger partial charge on any atom is 0.268 e. The number of thiophene rings is 1. The topological polar surface area (TPSA) is 66.5 Å². The van der Waals surface area contributed by atoms with Gasteiger partial charge >= 0.3 is 0 Å². The standard InChI is InChI=1S/C17H20N2O3S2/c1-2-11-24(21,22)18-14-8-7-13-5-3-9-19(15(13)12-14)17(20)16-6-4-10-23-16/h4,6-8,10,12,18H,2-3,5,9,11H2,1H3. The Labute approximate surface area is 146 Å². The normalized spacial score (nSPS) is 14.3. The smallest absolute Gasteiger partial charge is 0.268 e. The summed E-state index contributed by atoms with van der Waals surface area (Å²) < 4.78 is 26.6. The van der Waals surface area contributed by atoms with Crippen LogP contribution in [0.25, 0.3) is 0 Å². The fraction of sp³-hybridized carbons (Fsp3) is 0.353. The van der Waals surface area contributed by atoms with Gasteiger partial charge in [-0.2, -0.15) is 0 Å². The van der Waals surface area contributed by atoms with Crippen molar-refractivity contribution in [3.63, 3.8) is 0 Å². The van der Waals surface area contributed by atoms with E-state index in [0.29, 0.717) is 23.5 Å². The van der Waals surface area contributed by atoms with E-state index in [-0.39, 0.29) is 11.7 Å². The molecular weight excluding hydrogens is 344 g/mol. The third-order valence-electron chi connectivity index (χ3n) is 3.93. The minimum Gasteiger partial charge on any atom is -0.307 e. The summed E-state index contributed by atoms with van der Waals surface area (Å²) in [6.07, 6.45) is 2.36. The number of nitrogens with one attached hydrogen (secondary N) is 1. The molecule has 0 atom stereocenters.